The van der Waals surface area contributed by atoms with Crippen LogP contribution in [-0.4, -0.2) is 46.8 Å². The van der Waals surface area contributed by atoms with Gasteiger partial charge in [-0.05, 0) is 76.0 Å². The second-order valence-corrected chi connectivity index (χ2v) is 10.9. The first-order valence-corrected chi connectivity index (χ1v) is 12.2. The number of carbonyl (C=O) groups is 4. The van der Waals surface area contributed by atoms with E-state index in [0.717, 1.165) is 62.7 Å². The fourth-order valence-corrected chi connectivity index (χ4v) is 7.59. The minimum absolute atomic E-state index is 0.0484. The summed E-state index contributed by atoms with van der Waals surface area (Å²) in [6.45, 7) is 1.65. The Labute approximate surface area is 183 Å². The van der Waals surface area contributed by atoms with Crippen LogP contribution in [0.15, 0.2) is 0 Å². The molecule has 0 unspecified atom stereocenters. The number of amides is 3. The normalized spacial score (nSPS) is 39.4. The zero-order chi connectivity index (χ0) is 21.8. The van der Waals surface area contributed by atoms with Crippen molar-refractivity contribution in [3.63, 3.8) is 0 Å². The first kappa shape index (κ1) is 21.0. The Balaban J connectivity index is 1.11. The van der Waals surface area contributed by atoms with E-state index in [9.17, 15) is 19.2 Å². The molecule has 6 rings (SSSR count). The highest BCUT2D eigenvalue weighted by atomic mass is 16.5. The molecule has 1 aliphatic heterocycles. The third-order valence-electron chi connectivity index (χ3n) is 8.58. The first-order valence-electron chi connectivity index (χ1n) is 12.2. The van der Waals surface area contributed by atoms with Gasteiger partial charge in [-0.25, -0.2) is 0 Å². The van der Waals surface area contributed by atoms with Crippen LogP contribution in [0.2, 0.25) is 0 Å². The average Bonchev–Trinajstić information content (AvgIpc) is 2.95. The van der Waals surface area contributed by atoms with Gasteiger partial charge in [0, 0.05) is 12.1 Å². The first-order chi connectivity index (χ1) is 14.8. The zero-order valence-electron chi connectivity index (χ0n) is 18.4. The number of hydrogen-bond acceptors (Lipinski definition) is 5. The highest BCUT2D eigenvalue weighted by Crippen LogP contribution is 2.55. The maximum atomic E-state index is 12.8. The van der Waals surface area contributed by atoms with E-state index >= 15 is 0 Å². The molecule has 7 heteroatoms. The largest absolute Gasteiger partial charge is 0.452 e. The van der Waals surface area contributed by atoms with E-state index in [4.69, 9.17) is 4.74 Å². The van der Waals surface area contributed by atoms with E-state index in [1.165, 1.54) is 24.2 Å². The van der Waals surface area contributed by atoms with Crippen LogP contribution in [-0.2, 0) is 23.9 Å². The summed E-state index contributed by atoms with van der Waals surface area (Å²) in [4.78, 5) is 51.5. The van der Waals surface area contributed by atoms with Gasteiger partial charge in [0.25, 0.3) is 5.91 Å². The summed E-state index contributed by atoms with van der Waals surface area (Å²) in [6.07, 6.45) is 9.60. The molecule has 6 fully saturated rings. The highest BCUT2D eigenvalue weighted by molar-refractivity contribution is 6.05. The molecule has 5 saturated carbocycles. The lowest BCUT2D eigenvalue weighted by molar-refractivity contribution is -0.157. The Bertz CT molecular complexity index is 734. The van der Waals surface area contributed by atoms with Crippen molar-refractivity contribution in [3.8, 4) is 0 Å². The fraction of sp³-hybridized carbons (Fsp3) is 0.833. The zero-order valence-corrected chi connectivity index (χ0v) is 18.4. The van der Waals surface area contributed by atoms with Crippen LogP contribution in [0.5, 0.6) is 0 Å². The van der Waals surface area contributed by atoms with Crippen molar-refractivity contribution in [1.29, 1.82) is 0 Å². The monoisotopic (exact) mass is 430 g/mol. The van der Waals surface area contributed by atoms with Crippen molar-refractivity contribution in [2.75, 3.05) is 6.54 Å². The Morgan fingerprint density at radius 1 is 1.00 bits per heavy atom. The average molecular weight is 431 g/mol. The summed E-state index contributed by atoms with van der Waals surface area (Å²) in [6, 6.07) is 0. The molecule has 0 radical (unpaired) electrons. The maximum absolute atomic E-state index is 12.8. The van der Waals surface area contributed by atoms with Gasteiger partial charge in [-0.2, -0.15) is 0 Å². The van der Waals surface area contributed by atoms with Crippen LogP contribution in [0.1, 0.15) is 77.6 Å². The van der Waals surface area contributed by atoms with Gasteiger partial charge in [0.1, 0.15) is 0 Å². The highest BCUT2D eigenvalue weighted by Gasteiger charge is 2.52. The van der Waals surface area contributed by atoms with Crippen LogP contribution in [0.25, 0.3) is 0 Å². The number of rotatable bonds is 6. The van der Waals surface area contributed by atoms with Crippen molar-refractivity contribution >= 4 is 23.7 Å². The van der Waals surface area contributed by atoms with Gasteiger partial charge in [-0.15, -0.1) is 0 Å². The lowest BCUT2D eigenvalue weighted by atomic mass is 9.53. The van der Waals surface area contributed by atoms with E-state index in [0.29, 0.717) is 0 Å². The topological polar surface area (TPSA) is 92.8 Å². The van der Waals surface area contributed by atoms with Crippen LogP contribution in [0, 0.1) is 29.6 Å². The molecule has 1 N–H and O–H groups in total. The molecular formula is C24H34N2O5. The SMILES string of the molecule is C[C@@H](OC(=O)CCN1C(=O)[C@H]2CCCC[C@H]2C1=O)C(=O)NC12CC3CC(CC(C3)C1)C2. The summed E-state index contributed by atoms with van der Waals surface area (Å²) in [5.41, 5.74) is -0.114. The molecule has 3 amide bonds. The van der Waals surface area contributed by atoms with Crippen molar-refractivity contribution in [2.45, 2.75) is 89.2 Å². The van der Waals surface area contributed by atoms with Crippen molar-refractivity contribution < 1.29 is 23.9 Å². The molecule has 5 aliphatic carbocycles. The Morgan fingerprint density at radius 2 is 1.52 bits per heavy atom. The van der Waals surface area contributed by atoms with E-state index in [2.05, 4.69) is 5.32 Å². The van der Waals surface area contributed by atoms with Gasteiger partial charge in [0.15, 0.2) is 6.10 Å². The van der Waals surface area contributed by atoms with Gasteiger partial charge in [0.2, 0.25) is 11.8 Å². The van der Waals surface area contributed by atoms with Crippen LogP contribution >= 0.6 is 0 Å². The van der Waals surface area contributed by atoms with Gasteiger partial charge in [-0.1, -0.05) is 12.8 Å². The number of fused-ring (bicyclic) bond motifs is 1. The molecular weight excluding hydrogens is 396 g/mol. The number of nitrogens with one attached hydrogen (secondary N) is 1. The molecule has 0 spiro atoms. The molecule has 1 saturated heterocycles. The number of imide groups is 1. The molecule has 7 nitrogen and oxygen atoms in total. The van der Waals surface area contributed by atoms with Gasteiger partial charge in [0.05, 0.1) is 18.3 Å². The van der Waals surface area contributed by atoms with Crippen molar-refractivity contribution in [3.05, 3.63) is 0 Å². The number of nitrogens with zero attached hydrogens (tertiary/aromatic N) is 1. The summed E-state index contributed by atoms with van der Waals surface area (Å²) in [5.74, 6) is 0.712. The molecule has 3 atom stereocenters. The second kappa shape index (κ2) is 7.89. The second-order valence-electron chi connectivity index (χ2n) is 10.9. The molecule has 1 heterocycles. The Kier molecular flexibility index (Phi) is 5.33. The predicted octanol–water partition coefficient (Wildman–Crippen LogP) is 2.57. The molecule has 6 aliphatic rings. The summed E-state index contributed by atoms with van der Waals surface area (Å²) < 4.78 is 5.37. The minimum atomic E-state index is -0.868. The van der Waals surface area contributed by atoms with E-state index in [1.807, 2.05) is 0 Å². The Hall–Kier alpha value is -1.92. The predicted molar refractivity (Wildman–Crippen MR) is 111 cm³/mol. The molecule has 4 bridgehead atoms. The Morgan fingerprint density at radius 3 is 2.03 bits per heavy atom. The van der Waals surface area contributed by atoms with Gasteiger partial charge >= 0.3 is 5.97 Å². The smallest absolute Gasteiger partial charge is 0.308 e. The molecule has 31 heavy (non-hydrogen) atoms. The lowest BCUT2D eigenvalue weighted by Crippen LogP contribution is -2.61. The lowest BCUT2D eigenvalue weighted by Gasteiger charge is -2.57. The third kappa shape index (κ3) is 3.89. The van der Waals surface area contributed by atoms with Gasteiger partial charge < -0.3 is 10.1 Å². The third-order valence-corrected chi connectivity index (χ3v) is 8.58. The number of carbonyl (C=O) groups excluding carboxylic acids is 4. The van der Waals surface area contributed by atoms with Crippen molar-refractivity contribution in [2.24, 2.45) is 29.6 Å². The molecule has 0 aromatic carbocycles. The van der Waals surface area contributed by atoms with E-state index in [1.54, 1.807) is 6.92 Å². The summed E-state index contributed by atoms with van der Waals surface area (Å²) >= 11 is 0. The van der Waals surface area contributed by atoms with Gasteiger partial charge in [-0.3, -0.25) is 24.1 Å². The number of likely N-dealkylation sites (tertiary alicyclic amines) is 1. The number of ether oxygens (including phenoxy) is 1. The maximum Gasteiger partial charge on any atom is 0.308 e. The van der Waals surface area contributed by atoms with E-state index in [-0.39, 0.29) is 48.1 Å². The number of hydrogen-bond donors (Lipinski definition) is 1. The summed E-state index contributed by atoms with van der Waals surface area (Å²) in [5, 5.41) is 3.24. The van der Waals surface area contributed by atoms with Crippen LogP contribution < -0.4 is 5.32 Å². The van der Waals surface area contributed by atoms with Crippen LogP contribution in [0.4, 0.5) is 0 Å². The number of esters is 1. The standard InChI is InChI=1S/C24H34N2O5/c1-14(21(28)25-24-11-15-8-16(12-24)10-17(9-15)13-24)31-20(27)6-7-26-22(29)18-4-2-3-5-19(18)23(26)30/h14-19H,2-13H2,1H3,(H,25,28)/t14-,15?,16?,17?,18-,19+,24?/m1/s1. The minimum Gasteiger partial charge on any atom is -0.452 e. The fourth-order valence-electron chi connectivity index (χ4n) is 7.59. The molecule has 0 aromatic heterocycles. The van der Waals surface area contributed by atoms with Crippen molar-refractivity contribution in [1.82, 2.24) is 10.2 Å². The summed E-state index contributed by atoms with van der Waals surface area (Å²) in [7, 11) is 0. The molecule has 170 valence electrons. The van der Waals surface area contributed by atoms with E-state index < -0.39 is 12.1 Å². The van der Waals surface area contributed by atoms with Crippen LogP contribution in [0.3, 0.4) is 0 Å². The molecule has 0 aromatic rings. The quantitative estimate of drug-likeness (QED) is 0.516.